The number of aromatic nitrogens is 1. The van der Waals surface area contributed by atoms with Crippen molar-refractivity contribution < 1.29 is 34.6 Å². The maximum absolute atomic E-state index is 10.1. The fraction of sp³-hybridized carbons (Fsp3) is 0. The topological polar surface area (TPSA) is 21.3 Å². The average Bonchev–Trinajstić information content (AvgIpc) is 1.73. The molecular weight excluding hydrogens is 789 g/mol. The van der Waals surface area contributed by atoms with E-state index in [1.54, 1.807) is 42.5 Å². The fourth-order valence-electron chi connectivity index (χ4n) is 8.71. The van der Waals surface area contributed by atoms with Gasteiger partial charge in [0.15, 0.2) is 0 Å². The van der Waals surface area contributed by atoms with Crippen molar-refractivity contribution in [2.75, 3.05) is 4.90 Å². The summed E-state index contributed by atoms with van der Waals surface area (Å²) in [6.45, 7) is 0. The van der Waals surface area contributed by atoms with Gasteiger partial charge in [-0.25, -0.2) is 0 Å². The first-order valence-electron chi connectivity index (χ1n) is 31.5. The molecule has 11 aromatic carbocycles. The highest BCUT2D eigenvalue weighted by Gasteiger charge is 2.23. The highest BCUT2D eigenvalue weighted by molar-refractivity contribution is 6.15. The SMILES string of the molecule is [2H]c1c([2H])c([2H])c(-c2c([2H])c([2H])c(N(c3cc(-c4ccccc4-n4c5ccccc5c5ccccc54)c4oc5ccccc5c4c3)c3c([2H])c([2H])c(-c4c([2H])c5c([2H])c([2H])c([2H])c([2H])c5c5c([2H])c([2H])c([2H])c([2H])c45)c([2H])c3[2H])c([2H])c2[2H])c([2H])c1[2H]. The maximum Gasteiger partial charge on any atom is 0.143 e. The van der Waals surface area contributed by atoms with E-state index in [0.29, 0.717) is 38.8 Å². The Kier molecular flexibility index (Phi) is 4.88. The Balaban J connectivity index is 1.18. The van der Waals surface area contributed by atoms with Crippen molar-refractivity contribution in [1.29, 1.82) is 0 Å². The molecule has 0 fully saturated rings. The fourth-order valence-corrected chi connectivity index (χ4v) is 8.71. The Morgan fingerprint density at radius 1 is 0.385 bits per heavy atom. The van der Waals surface area contributed by atoms with Crippen LogP contribution < -0.4 is 4.90 Å². The lowest BCUT2D eigenvalue weighted by atomic mass is 9.93. The van der Waals surface area contributed by atoms with Crippen LogP contribution in [0.3, 0.4) is 0 Å². The van der Waals surface area contributed by atoms with Gasteiger partial charge < -0.3 is 13.9 Å². The van der Waals surface area contributed by atoms with Crippen molar-refractivity contribution in [3.05, 3.63) is 242 Å². The number of hydrogen-bond donors (Lipinski definition) is 0. The van der Waals surface area contributed by atoms with Crippen LogP contribution >= 0.6 is 0 Å². The second-order valence-corrected chi connectivity index (χ2v) is 15.1. The summed E-state index contributed by atoms with van der Waals surface area (Å²) in [5, 5.41) is 0.754. The van der Waals surface area contributed by atoms with E-state index in [9.17, 15) is 13.7 Å². The first kappa shape index (κ1) is 21.1. The standard InChI is InChI=1S/C62H40N2O/c1-2-16-41(17-3-1)42-30-34-45(35-31-42)63(46-36-32-43(33-37-46)55-38-44-18-4-5-19-48(44)49-20-6-7-21-50(49)55)47-39-56(62-57(40-47)54-25-11-15-29-61(54)65-62)53-24-10-14-28-60(53)64-58-26-12-8-22-51(58)52-23-9-13-27-59(52)64/h1-40H/i1D,2D,3D,4D,5D,6D,7D,16D,17D,18D,19D,20D,21D,30D,31D,32D,33D,34D,35D,36D,37D,38D. The van der Waals surface area contributed by atoms with E-state index in [-0.39, 0.29) is 5.69 Å². The molecule has 304 valence electrons. The van der Waals surface area contributed by atoms with Crippen LogP contribution in [0.25, 0.3) is 104 Å². The van der Waals surface area contributed by atoms with Crippen molar-refractivity contribution in [1.82, 2.24) is 4.57 Å². The molecular formula is C62H40N2O. The third kappa shape index (κ3) is 6.05. The largest absolute Gasteiger partial charge is 0.455 e. The van der Waals surface area contributed by atoms with Gasteiger partial charge in [-0.15, -0.1) is 0 Å². The van der Waals surface area contributed by atoms with Crippen LogP contribution in [0.4, 0.5) is 17.1 Å². The molecule has 0 radical (unpaired) electrons. The number of para-hydroxylation sites is 4. The van der Waals surface area contributed by atoms with Crippen LogP contribution in [0, 0.1) is 0 Å². The van der Waals surface area contributed by atoms with Crippen molar-refractivity contribution in [3.63, 3.8) is 0 Å². The lowest BCUT2D eigenvalue weighted by molar-refractivity contribution is 0.670. The van der Waals surface area contributed by atoms with Crippen molar-refractivity contribution in [3.8, 4) is 39.1 Å². The highest BCUT2D eigenvalue weighted by Crippen LogP contribution is 2.46. The van der Waals surface area contributed by atoms with Crippen LogP contribution in [0.1, 0.15) is 30.2 Å². The van der Waals surface area contributed by atoms with Gasteiger partial charge in [-0.3, -0.25) is 0 Å². The second-order valence-electron chi connectivity index (χ2n) is 15.1. The molecule has 13 aromatic rings. The predicted octanol–water partition coefficient (Wildman–Crippen LogP) is 17.5. The van der Waals surface area contributed by atoms with E-state index >= 15 is 0 Å². The Bertz CT molecular complexity index is 5150. The molecule has 65 heavy (non-hydrogen) atoms. The third-order valence-electron chi connectivity index (χ3n) is 11.5. The van der Waals surface area contributed by atoms with Crippen molar-refractivity contribution >= 4 is 82.4 Å². The second kappa shape index (κ2) is 15.0. The maximum atomic E-state index is 10.1. The van der Waals surface area contributed by atoms with E-state index in [1.165, 1.54) is 0 Å². The van der Waals surface area contributed by atoms with Gasteiger partial charge in [-0.1, -0.05) is 176 Å². The zero-order valence-corrected chi connectivity index (χ0v) is 33.7. The van der Waals surface area contributed by atoms with Gasteiger partial charge in [-0.05, 0) is 110 Å². The average molecular weight is 851 g/mol. The summed E-state index contributed by atoms with van der Waals surface area (Å²) in [6, 6.07) is 14.3. The lowest BCUT2D eigenvalue weighted by Crippen LogP contribution is -2.10. The number of nitrogens with zero attached hydrogens (tertiary/aromatic N) is 2. The Morgan fingerprint density at radius 2 is 0.954 bits per heavy atom. The summed E-state index contributed by atoms with van der Waals surface area (Å²) in [4.78, 5) is 0.993. The minimum absolute atomic E-state index is 0.103. The van der Waals surface area contributed by atoms with E-state index < -0.39 is 188 Å². The van der Waals surface area contributed by atoms with Crippen LogP contribution in [-0.4, -0.2) is 4.57 Å². The first-order chi connectivity index (χ1) is 41.4. The molecule has 0 aliphatic rings. The molecule has 2 heterocycles. The lowest BCUT2D eigenvalue weighted by Gasteiger charge is -2.27. The molecule has 0 N–H and O–H groups in total. The van der Waals surface area contributed by atoms with E-state index in [0.717, 1.165) is 26.7 Å². The van der Waals surface area contributed by atoms with Gasteiger partial charge in [0.25, 0.3) is 0 Å². The Morgan fingerprint density at radius 3 is 1.69 bits per heavy atom. The quantitative estimate of drug-likeness (QED) is 0.149. The minimum Gasteiger partial charge on any atom is -0.455 e. The van der Waals surface area contributed by atoms with Gasteiger partial charge in [0.05, 0.1) is 46.9 Å². The summed E-state index contributed by atoms with van der Waals surface area (Å²) in [7, 11) is 0. The van der Waals surface area contributed by atoms with Gasteiger partial charge in [-0.2, -0.15) is 0 Å². The van der Waals surface area contributed by atoms with Gasteiger partial charge in [0, 0.05) is 49.7 Å². The normalized spacial score (nSPS) is 16.4. The van der Waals surface area contributed by atoms with Crippen LogP contribution in [0.2, 0.25) is 0 Å². The van der Waals surface area contributed by atoms with Gasteiger partial charge in [0.1, 0.15) is 11.2 Å². The van der Waals surface area contributed by atoms with Crippen LogP contribution in [-0.2, 0) is 0 Å². The minimum atomic E-state index is -0.976. The van der Waals surface area contributed by atoms with Crippen LogP contribution in [0.5, 0.6) is 0 Å². The van der Waals surface area contributed by atoms with E-state index in [4.69, 9.17) is 20.9 Å². The summed E-state index contributed by atoms with van der Waals surface area (Å²) < 4.78 is 211. The summed E-state index contributed by atoms with van der Waals surface area (Å²) in [6.07, 6.45) is 0. The number of benzene rings is 11. The number of rotatable bonds is 7. The molecule has 0 atom stereocenters. The Labute approximate surface area is 407 Å². The number of hydrogen-bond acceptors (Lipinski definition) is 2. The molecule has 0 spiro atoms. The molecule has 0 aliphatic carbocycles. The highest BCUT2D eigenvalue weighted by atomic mass is 16.3. The zero-order chi connectivity index (χ0) is 62.0. The van der Waals surface area contributed by atoms with E-state index in [2.05, 4.69) is 4.57 Å². The molecule has 0 bridgehead atoms. The van der Waals surface area contributed by atoms with Gasteiger partial charge in [0.2, 0.25) is 0 Å². The molecule has 2 aromatic heterocycles. The van der Waals surface area contributed by atoms with Gasteiger partial charge >= 0.3 is 0 Å². The number of anilines is 3. The smallest absolute Gasteiger partial charge is 0.143 e. The first-order valence-corrected chi connectivity index (χ1v) is 20.5. The van der Waals surface area contributed by atoms with E-state index in [1.807, 2.05) is 66.7 Å². The number of furan rings is 1. The molecule has 0 amide bonds. The van der Waals surface area contributed by atoms with Crippen molar-refractivity contribution in [2.24, 2.45) is 0 Å². The molecule has 0 saturated heterocycles. The number of fused-ring (bicyclic) bond motifs is 9. The summed E-state index contributed by atoms with van der Waals surface area (Å²) >= 11 is 0. The van der Waals surface area contributed by atoms with Crippen LogP contribution in [0.15, 0.2) is 247 Å². The summed E-state index contributed by atoms with van der Waals surface area (Å²) in [5.74, 6) is 0. The predicted molar refractivity (Wildman–Crippen MR) is 274 cm³/mol. The monoisotopic (exact) mass is 850 g/mol. The van der Waals surface area contributed by atoms with Crippen molar-refractivity contribution in [2.45, 2.75) is 0 Å². The Hall–Kier alpha value is -8.66. The molecule has 0 saturated carbocycles. The molecule has 13 rings (SSSR count). The molecule has 0 aliphatic heterocycles. The molecule has 3 nitrogen and oxygen atoms in total. The molecule has 0 unspecified atom stereocenters. The third-order valence-corrected chi connectivity index (χ3v) is 11.5. The zero-order valence-electron chi connectivity index (χ0n) is 55.7. The summed E-state index contributed by atoms with van der Waals surface area (Å²) in [5.41, 5.74) is -0.349. The molecule has 3 heteroatoms.